The summed E-state index contributed by atoms with van der Waals surface area (Å²) in [4.78, 5) is 20.1. The lowest BCUT2D eigenvalue weighted by molar-refractivity contribution is 0.318. The van der Waals surface area contributed by atoms with E-state index in [1.807, 2.05) is 69.3 Å². The number of nitrogens with one attached hydrogen (secondary N) is 3. The van der Waals surface area contributed by atoms with Gasteiger partial charge in [0.05, 0.1) is 17.9 Å². The molecule has 0 unspecified atom stereocenters. The first-order chi connectivity index (χ1) is 14.9. The predicted octanol–water partition coefficient (Wildman–Crippen LogP) is 5.92. The highest BCUT2D eigenvalue weighted by Gasteiger charge is 2.17. The molecule has 0 fully saturated rings. The molecule has 0 atom stereocenters. The van der Waals surface area contributed by atoms with E-state index in [-0.39, 0.29) is 11.5 Å². The highest BCUT2D eigenvalue weighted by atomic mass is 79.9. The van der Waals surface area contributed by atoms with Crippen molar-refractivity contribution in [2.45, 2.75) is 33.1 Å². The van der Waals surface area contributed by atoms with Crippen LogP contribution in [0.2, 0.25) is 0 Å². The average Bonchev–Trinajstić information content (AvgIpc) is 2.75. The Hall–Kier alpha value is -2.71. The lowest BCUT2D eigenvalue weighted by atomic mass is 10.1. The van der Waals surface area contributed by atoms with Gasteiger partial charge >= 0.3 is 0 Å². The fraction of sp³-hybridized carbons (Fsp3) is 0.261. The summed E-state index contributed by atoms with van der Waals surface area (Å²) >= 11 is 8.79. The lowest BCUT2D eigenvalue weighted by Crippen LogP contribution is -2.19. The molecule has 6 nitrogen and oxygen atoms in total. The highest BCUT2D eigenvalue weighted by Crippen LogP contribution is 2.32. The van der Waals surface area contributed by atoms with E-state index in [0.29, 0.717) is 39.0 Å². The molecule has 0 aliphatic rings. The summed E-state index contributed by atoms with van der Waals surface area (Å²) in [6.45, 7) is 6.60. The van der Waals surface area contributed by atoms with Gasteiger partial charge in [-0.25, -0.2) is 4.98 Å². The third-order valence-corrected chi connectivity index (χ3v) is 5.39. The number of rotatable bonds is 7. The molecule has 162 valence electrons. The topological polar surface area (TPSA) is 79.0 Å². The minimum Gasteiger partial charge on any atom is -0.493 e. The lowest BCUT2D eigenvalue weighted by Gasteiger charge is -2.16. The zero-order valence-electron chi connectivity index (χ0n) is 17.7. The van der Waals surface area contributed by atoms with E-state index in [0.717, 1.165) is 17.8 Å². The van der Waals surface area contributed by atoms with Gasteiger partial charge in [0.2, 0.25) is 0 Å². The molecule has 0 spiro atoms. The summed E-state index contributed by atoms with van der Waals surface area (Å²) in [5.74, 6) is 1.18. The number of para-hydroxylation sites is 1. The molecule has 0 amide bonds. The van der Waals surface area contributed by atoms with Crippen molar-refractivity contribution in [3.63, 3.8) is 0 Å². The van der Waals surface area contributed by atoms with Gasteiger partial charge in [-0.3, -0.25) is 4.79 Å². The van der Waals surface area contributed by atoms with Gasteiger partial charge in [0.1, 0.15) is 16.0 Å². The molecule has 3 rings (SSSR count). The van der Waals surface area contributed by atoms with E-state index in [1.54, 1.807) is 0 Å². The van der Waals surface area contributed by atoms with E-state index in [4.69, 9.17) is 21.9 Å². The van der Waals surface area contributed by atoms with E-state index < -0.39 is 0 Å². The molecular weight excluding hydrogens is 476 g/mol. The summed E-state index contributed by atoms with van der Waals surface area (Å²) < 4.78 is 6.37. The number of hydrogen-bond donors (Lipinski definition) is 3. The smallest absolute Gasteiger partial charge is 0.265 e. The van der Waals surface area contributed by atoms with Crippen molar-refractivity contribution >= 4 is 44.6 Å². The van der Waals surface area contributed by atoms with E-state index in [9.17, 15) is 4.79 Å². The van der Waals surface area contributed by atoms with Gasteiger partial charge in [-0.05, 0) is 70.8 Å². The SMILES string of the molecule is CCCOc1ccc(NC(=S)Nc2ccccc2)cc1-c1nc(C(C)C)c(Br)c(=O)[nH]1. The Balaban J connectivity index is 1.96. The number of halogens is 1. The Labute approximate surface area is 195 Å². The minimum atomic E-state index is -0.227. The van der Waals surface area contributed by atoms with Crippen molar-refractivity contribution in [3.8, 4) is 17.1 Å². The van der Waals surface area contributed by atoms with Crippen LogP contribution >= 0.6 is 28.1 Å². The summed E-state index contributed by atoms with van der Waals surface area (Å²) in [7, 11) is 0. The van der Waals surface area contributed by atoms with Gasteiger partial charge in [0.25, 0.3) is 5.56 Å². The van der Waals surface area contributed by atoms with Crippen molar-refractivity contribution in [1.82, 2.24) is 9.97 Å². The third kappa shape index (κ3) is 5.92. The first kappa shape index (κ1) is 23.0. The second kappa shape index (κ2) is 10.5. The average molecular weight is 501 g/mol. The van der Waals surface area contributed by atoms with Gasteiger partial charge in [-0.15, -0.1) is 0 Å². The number of nitrogens with zero attached hydrogens (tertiary/aromatic N) is 1. The molecule has 3 N–H and O–H groups in total. The largest absolute Gasteiger partial charge is 0.493 e. The zero-order valence-corrected chi connectivity index (χ0v) is 20.1. The molecule has 31 heavy (non-hydrogen) atoms. The van der Waals surface area contributed by atoms with E-state index >= 15 is 0 Å². The van der Waals surface area contributed by atoms with E-state index in [1.165, 1.54) is 0 Å². The second-order valence-electron chi connectivity index (χ2n) is 7.27. The molecule has 0 bridgehead atoms. The molecule has 0 radical (unpaired) electrons. The van der Waals surface area contributed by atoms with Crippen molar-refractivity contribution < 1.29 is 4.74 Å². The Bertz CT molecular complexity index is 1120. The molecule has 3 aromatic rings. The Morgan fingerprint density at radius 2 is 1.87 bits per heavy atom. The summed E-state index contributed by atoms with van der Waals surface area (Å²) in [5, 5.41) is 6.79. The molecule has 0 saturated heterocycles. The zero-order chi connectivity index (χ0) is 22.4. The highest BCUT2D eigenvalue weighted by molar-refractivity contribution is 9.10. The van der Waals surface area contributed by atoms with Crippen LogP contribution in [0.5, 0.6) is 5.75 Å². The number of aromatic amines is 1. The maximum atomic E-state index is 12.5. The maximum absolute atomic E-state index is 12.5. The summed E-state index contributed by atoms with van der Waals surface area (Å²) in [6, 6.07) is 15.3. The fourth-order valence-corrected chi connectivity index (χ4v) is 3.81. The molecule has 0 aliphatic carbocycles. The van der Waals surface area contributed by atoms with Crippen molar-refractivity contribution in [2.75, 3.05) is 17.2 Å². The predicted molar refractivity (Wildman–Crippen MR) is 134 cm³/mol. The Morgan fingerprint density at radius 3 is 2.55 bits per heavy atom. The molecule has 8 heteroatoms. The normalized spacial score (nSPS) is 10.7. The molecule has 1 heterocycles. The number of anilines is 2. The van der Waals surface area contributed by atoms with Crippen LogP contribution in [-0.4, -0.2) is 21.7 Å². The molecular formula is C23H25BrN4O2S. The minimum absolute atomic E-state index is 0.0828. The number of thiocarbonyl (C=S) groups is 1. The van der Waals surface area contributed by atoms with Crippen molar-refractivity contribution in [1.29, 1.82) is 0 Å². The van der Waals surface area contributed by atoms with E-state index in [2.05, 4.69) is 31.5 Å². The van der Waals surface area contributed by atoms with Crippen LogP contribution in [0.15, 0.2) is 57.8 Å². The van der Waals surface area contributed by atoms with Crippen molar-refractivity contribution in [2.24, 2.45) is 0 Å². The van der Waals surface area contributed by atoms with Crippen LogP contribution in [0.4, 0.5) is 11.4 Å². The number of benzene rings is 2. The van der Waals surface area contributed by atoms with Crippen LogP contribution in [0.3, 0.4) is 0 Å². The molecule has 0 saturated carbocycles. The molecule has 0 aliphatic heterocycles. The van der Waals surface area contributed by atoms with Crippen LogP contribution in [0, 0.1) is 0 Å². The van der Waals surface area contributed by atoms with Crippen molar-refractivity contribution in [3.05, 3.63) is 69.1 Å². The van der Waals surface area contributed by atoms with Gasteiger partial charge in [0.15, 0.2) is 5.11 Å². The second-order valence-corrected chi connectivity index (χ2v) is 8.47. The van der Waals surface area contributed by atoms with Crippen LogP contribution < -0.4 is 20.9 Å². The number of hydrogen-bond acceptors (Lipinski definition) is 4. The third-order valence-electron chi connectivity index (χ3n) is 4.42. The van der Waals surface area contributed by atoms with Crippen LogP contribution in [0.1, 0.15) is 38.8 Å². The quantitative estimate of drug-likeness (QED) is 0.349. The standard InChI is InChI=1S/C23H25BrN4O2S/c1-4-12-30-18-11-10-16(26-23(31)25-15-8-6-5-7-9-15)13-17(18)21-27-20(14(2)3)19(24)22(29)28-21/h5-11,13-14H,4,12H2,1-3H3,(H2,25,26,31)(H,27,28,29). The number of H-pyrrole nitrogens is 1. The molecule has 2 aromatic carbocycles. The fourth-order valence-electron chi connectivity index (χ4n) is 2.93. The number of ether oxygens (including phenoxy) is 1. The monoisotopic (exact) mass is 500 g/mol. The first-order valence-corrected chi connectivity index (χ1v) is 11.3. The van der Waals surface area contributed by atoms with Gasteiger partial charge in [0, 0.05) is 11.4 Å². The summed E-state index contributed by atoms with van der Waals surface area (Å²) in [6.07, 6.45) is 0.867. The van der Waals surface area contributed by atoms with Gasteiger partial charge in [-0.1, -0.05) is 39.0 Å². The first-order valence-electron chi connectivity index (χ1n) is 10.1. The van der Waals surface area contributed by atoms with Crippen LogP contribution in [0.25, 0.3) is 11.4 Å². The Kier molecular flexibility index (Phi) is 7.81. The van der Waals surface area contributed by atoms with Crippen LogP contribution in [-0.2, 0) is 0 Å². The van der Waals surface area contributed by atoms with Gasteiger partial charge in [-0.2, -0.15) is 0 Å². The summed E-state index contributed by atoms with van der Waals surface area (Å²) in [5.41, 5.74) is 2.80. The Morgan fingerprint density at radius 1 is 1.16 bits per heavy atom. The molecule has 1 aromatic heterocycles. The maximum Gasteiger partial charge on any atom is 0.265 e. The van der Waals surface area contributed by atoms with Gasteiger partial charge < -0.3 is 20.4 Å². The number of aromatic nitrogens is 2.